The van der Waals surface area contributed by atoms with Crippen molar-refractivity contribution in [2.24, 2.45) is 5.92 Å². The molecule has 1 unspecified atom stereocenters. The number of nitriles is 1. The smallest absolute Gasteiger partial charge is 0.134 e. The molecular weight excluding hydrogens is 238 g/mol. The highest BCUT2D eigenvalue weighted by Gasteiger charge is 2.21. The molecule has 1 aromatic rings. The maximum Gasteiger partial charge on any atom is 0.134 e. The molecule has 102 valence electrons. The van der Waals surface area contributed by atoms with Gasteiger partial charge in [0.15, 0.2) is 0 Å². The predicted octanol–water partition coefficient (Wildman–Crippen LogP) is 2.06. The van der Waals surface area contributed by atoms with E-state index in [1.165, 1.54) is 0 Å². The molecule has 5 nitrogen and oxygen atoms in total. The van der Waals surface area contributed by atoms with E-state index in [4.69, 9.17) is 5.26 Å². The number of nitrogens with zero attached hydrogens (tertiary/aromatic N) is 5. The first kappa shape index (κ1) is 13.6. The van der Waals surface area contributed by atoms with E-state index < -0.39 is 0 Å². The highest BCUT2D eigenvalue weighted by atomic mass is 15.2. The van der Waals surface area contributed by atoms with E-state index in [0.29, 0.717) is 0 Å². The van der Waals surface area contributed by atoms with E-state index in [2.05, 4.69) is 39.7 Å². The van der Waals surface area contributed by atoms with Gasteiger partial charge in [-0.3, -0.25) is 0 Å². The molecule has 19 heavy (non-hydrogen) atoms. The molecule has 1 aromatic heterocycles. The molecule has 0 amide bonds. The third-order valence-electron chi connectivity index (χ3n) is 3.65. The summed E-state index contributed by atoms with van der Waals surface area (Å²) in [5.74, 6) is 2.03. The first-order valence-corrected chi connectivity index (χ1v) is 7.00. The molecule has 1 atom stereocenters. The first-order chi connectivity index (χ1) is 9.28. The second-order valence-corrected chi connectivity index (χ2v) is 4.82. The van der Waals surface area contributed by atoms with Gasteiger partial charge in [-0.25, -0.2) is 9.97 Å². The minimum Gasteiger partial charge on any atom is -0.357 e. The monoisotopic (exact) mass is 259 g/mol. The van der Waals surface area contributed by atoms with E-state index >= 15 is 0 Å². The van der Waals surface area contributed by atoms with Crippen LogP contribution in [-0.4, -0.2) is 36.1 Å². The second kappa shape index (κ2) is 6.37. The summed E-state index contributed by atoms with van der Waals surface area (Å²) in [6.07, 6.45) is 3.68. The van der Waals surface area contributed by atoms with E-state index in [1.807, 2.05) is 6.07 Å². The van der Waals surface area contributed by atoms with Gasteiger partial charge in [-0.1, -0.05) is 0 Å². The van der Waals surface area contributed by atoms with E-state index in [9.17, 15) is 0 Å². The van der Waals surface area contributed by atoms with Gasteiger partial charge in [0, 0.05) is 32.2 Å². The van der Waals surface area contributed by atoms with Crippen molar-refractivity contribution in [3.8, 4) is 6.07 Å². The maximum atomic E-state index is 9.06. The molecule has 0 bridgehead atoms. The lowest BCUT2D eigenvalue weighted by Gasteiger charge is -2.31. The number of anilines is 2. The van der Waals surface area contributed by atoms with Crippen molar-refractivity contribution in [3.63, 3.8) is 0 Å². The summed E-state index contributed by atoms with van der Waals surface area (Å²) in [6, 6.07) is 4.40. The Morgan fingerprint density at radius 3 is 2.89 bits per heavy atom. The Hall–Kier alpha value is -1.83. The zero-order chi connectivity index (χ0) is 13.7. The largest absolute Gasteiger partial charge is 0.357 e. The molecule has 1 aliphatic heterocycles. The van der Waals surface area contributed by atoms with Gasteiger partial charge < -0.3 is 9.80 Å². The molecule has 1 fully saturated rings. The quantitative estimate of drug-likeness (QED) is 0.828. The van der Waals surface area contributed by atoms with E-state index in [0.717, 1.165) is 50.7 Å². The number of rotatable bonds is 4. The molecule has 0 N–H and O–H groups in total. The fourth-order valence-corrected chi connectivity index (χ4v) is 2.52. The van der Waals surface area contributed by atoms with Crippen LogP contribution in [0.2, 0.25) is 0 Å². The highest BCUT2D eigenvalue weighted by Crippen LogP contribution is 2.23. The lowest BCUT2D eigenvalue weighted by molar-refractivity contribution is 0.490. The third-order valence-corrected chi connectivity index (χ3v) is 3.65. The molecule has 2 heterocycles. The average Bonchev–Trinajstić information content (AvgIpc) is 2.49. The van der Waals surface area contributed by atoms with Crippen LogP contribution >= 0.6 is 0 Å². The average molecular weight is 259 g/mol. The lowest BCUT2D eigenvalue weighted by atomic mass is 10.00. The molecule has 2 rings (SSSR count). The summed E-state index contributed by atoms with van der Waals surface area (Å²) >= 11 is 0. The Labute approximate surface area is 114 Å². The Balaban J connectivity index is 2.16. The van der Waals surface area contributed by atoms with Gasteiger partial charge in [0.2, 0.25) is 0 Å². The molecule has 0 spiro atoms. The molecule has 1 saturated heterocycles. The van der Waals surface area contributed by atoms with Crippen LogP contribution in [0, 0.1) is 17.2 Å². The Kier molecular flexibility index (Phi) is 4.56. The zero-order valence-electron chi connectivity index (χ0n) is 11.7. The van der Waals surface area contributed by atoms with Crippen molar-refractivity contribution in [3.05, 3.63) is 12.4 Å². The standard InChI is InChI=1S/C14H21N5/c1-3-18(4-2)13-8-14(17-11-16-13)19-7-5-6-12(9-15)10-19/h8,11-12H,3-7,10H2,1-2H3. The van der Waals surface area contributed by atoms with Crippen LogP contribution in [0.4, 0.5) is 11.6 Å². The van der Waals surface area contributed by atoms with Gasteiger partial charge in [-0.15, -0.1) is 0 Å². The number of piperidine rings is 1. The Bertz CT molecular complexity index is 449. The summed E-state index contributed by atoms with van der Waals surface area (Å²) in [5, 5.41) is 9.06. The normalized spacial score (nSPS) is 19.0. The maximum absolute atomic E-state index is 9.06. The minimum atomic E-state index is 0.126. The van der Waals surface area contributed by atoms with Crippen LogP contribution in [0.3, 0.4) is 0 Å². The van der Waals surface area contributed by atoms with Crippen LogP contribution in [0.25, 0.3) is 0 Å². The Morgan fingerprint density at radius 2 is 2.21 bits per heavy atom. The fourth-order valence-electron chi connectivity index (χ4n) is 2.52. The van der Waals surface area contributed by atoms with Crippen molar-refractivity contribution < 1.29 is 0 Å². The van der Waals surface area contributed by atoms with Crippen molar-refractivity contribution >= 4 is 11.6 Å². The number of hydrogen-bond donors (Lipinski definition) is 0. The molecule has 0 radical (unpaired) electrons. The van der Waals surface area contributed by atoms with Crippen LogP contribution < -0.4 is 9.80 Å². The fraction of sp³-hybridized carbons (Fsp3) is 0.643. The molecule has 5 heteroatoms. The van der Waals surface area contributed by atoms with Gasteiger partial charge in [-0.05, 0) is 26.7 Å². The van der Waals surface area contributed by atoms with Crippen molar-refractivity contribution in [1.29, 1.82) is 5.26 Å². The number of aromatic nitrogens is 2. The second-order valence-electron chi connectivity index (χ2n) is 4.82. The molecule has 0 saturated carbocycles. The Morgan fingerprint density at radius 1 is 1.42 bits per heavy atom. The summed E-state index contributed by atoms with van der Waals surface area (Å²) in [5.41, 5.74) is 0. The third kappa shape index (κ3) is 3.14. The molecule has 0 aromatic carbocycles. The van der Waals surface area contributed by atoms with Gasteiger partial charge in [0.25, 0.3) is 0 Å². The van der Waals surface area contributed by atoms with Crippen molar-refractivity contribution in [2.45, 2.75) is 26.7 Å². The zero-order valence-corrected chi connectivity index (χ0v) is 11.7. The molecule has 0 aliphatic carbocycles. The minimum absolute atomic E-state index is 0.126. The van der Waals surface area contributed by atoms with E-state index in [1.54, 1.807) is 6.33 Å². The topological polar surface area (TPSA) is 56.0 Å². The van der Waals surface area contributed by atoms with Gasteiger partial charge >= 0.3 is 0 Å². The van der Waals surface area contributed by atoms with Crippen molar-refractivity contribution in [2.75, 3.05) is 36.0 Å². The predicted molar refractivity (Wildman–Crippen MR) is 76.1 cm³/mol. The summed E-state index contributed by atoms with van der Waals surface area (Å²) in [7, 11) is 0. The van der Waals surface area contributed by atoms with Crippen LogP contribution in [-0.2, 0) is 0 Å². The lowest BCUT2D eigenvalue weighted by Crippen LogP contribution is -2.35. The van der Waals surface area contributed by atoms with Gasteiger partial charge in [0.05, 0.1) is 12.0 Å². The van der Waals surface area contributed by atoms with Gasteiger partial charge in [-0.2, -0.15) is 5.26 Å². The highest BCUT2D eigenvalue weighted by molar-refractivity contribution is 5.50. The van der Waals surface area contributed by atoms with Crippen LogP contribution in [0.15, 0.2) is 12.4 Å². The van der Waals surface area contributed by atoms with Crippen molar-refractivity contribution in [1.82, 2.24) is 9.97 Å². The molecular formula is C14H21N5. The van der Waals surface area contributed by atoms with Crippen LogP contribution in [0.1, 0.15) is 26.7 Å². The van der Waals surface area contributed by atoms with E-state index in [-0.39, 0.29) is 5.92 Å². The van der Waals surface area contributed by atoms with Gasteiger partial charge in [0.1, 0.15) is 18.0 Å². The summed E-state index contributed by atoms with van der Waals surface area (Å²) in [6.45, 7) is 7.88. The summed E-state index contributed by atoms with van der Waals surface area (Å²) in [4.78, 5) is 13.1. The molecule has 1 aliphatic rings. The number of hydrogen-bond acceptors (Lipinski definition) is 5. The first-order valence-electron chi connectivity index (χ1n) is 7.00. The SMILES string of the molecule is CCN(CC)c1cc(N2CCCC(C#N)C2)ncn1. The summed E-state index contributed by atoms with van der Waals surface area (Å²) < 4.78 is 0. The van der Waals surface area contributed by atoms with Crippen LogP contribution in [0.5, 0.6) is 0 Å².